The summed E-state index contributed by atoms with van der Waals surface area (Å²) in [6, 6.07) is 1.51. The van der Waals surface area contributed by atoms with E-state index in [0.29, 0.717) is 24.4 Å². The number of H-pyrrole nitrogens is 1. The van der Waals surface area contributed by atoms with Crippen molar-refractivity contribution in [1.82, 2.24) is 15.3 Å². The van der Waals surface area contributed by atoms with Gasteiger partial charge in [-0.3, -0.25) is 9.78 Å². The minimum atomic E-state index is -0.778. The molecule has 3 amide bonds. The van der Waals surface area contributed by atoms with Crippen LogP contribution < -0.4 is 10.2 Å². The highest BCUT2D eigenvalue weighted by Gasteiger charge is 2.64. The lowest BCUT2D eigenvalue weighted by Crippen LogP contribution is -2.63. The molecule has 5 rings (SSSR count). The first-order valence-electron chi connectivity index (χ1n) is 8.94. The van der Waals surface area contributed by atoms with Gasteiger partial charge in [-0.1, -0.05) is 31.2 Å². The highest BCUT2D eigenvalue weighted by Crippen LogP contribution is 2.57. The summed E-state index contributed by atoms with van der Waals surface area (Å²) >= 11 is 0. The Morgan fingerprint density at radius 3 is 2.85 bits per heavy atom. The van der Waals surface area contributed by atoms with Crippen molar-refractivity contribution in [3.05, 3.63) is 49.0 Å². The van der Waals surface area contributed by atoms with E-state index in [1.165, 1.54) is 4.90 Å². The number of carbonyl (C=O) groups excluding carboxylic acids is 2. The van der Waals surface area contributed by atoms with E-state index in [1.807, 2.05) is 6.07 Å². The van der Waals surface area contributed by atoms with Crippen molar-refractivity contribution < 1.29 is 9.59 Å². The number of anilines is 1. The molecular weight excluding hydrogens is 328 g/mol. The molecule has 1 unspecified atom stereocenters. The second kappa shape index (κ2) is 5.06. The van der Waals surface area contributed by atoms with Gasteiger partial charge in [-0.2, -0.15) is 0 Å². The molecule has 26 heavy (non-hydrogen) atoms. The van der Waals surface area contributed by atoms with E-state index in [4.69, 9.17) is 0 Å². The molecule has 2 aromatic rings. The van der Waals surface area contributed by atoms with Gasteiger partial charge < -0.3 is 10.3 Å². The minimum Gasteiger partial charge on any atom is -0.360 e. The Bertz CT molecular complexity index is 981. The summed E-state index contributed by atoms with van der Waals surface area (Å²) < 4.78 is 0. The van der Waals surface area contributed by atoms with E-state index in [1.54, 1.807) is 18.6 Å². The molecule has 1 spiro atoms. The summed E-state index contributed by atoms with van der Waals surface area (Å²) in [6.07, 6.45) is 15.9. The number of hydrogen-bond donors (Lipinski definition) is 2. The maximum absolute atomic E-state index is 13.2. The maximum Gasteiger partial charge on any atom is 0.329 e. The van der Waals surface area contributed by atoms with Crippen molar-refractivity contribution in [2.75, 3.05) is 4.90 Å². The van der Waals surface area contributed by atoms with Crippen molar-refractivity contribution in [1.29, 1.82) is 0 Å². The summed E-state index contributed by atoms with van der Waals surface area (Å²) in [4.78, 5) is 34.4. The van der Waals surface area contributed by atoms with Crippen molar-refractivity contribution in [2.24, 2.45) is 11.3 Å². The van der Waals surface area contributed by atoms with Crippen LogP contribution in [0.25, 0.3) is 10.9 Å². The van der Waals surface area contributed by atoms with Gasteiger partial charge in [0.1, 0.15) is 5.54 Å². The lowest BCUT2D eigenvalue weighted by atomic mass is 9.52. The normalized spacial score (nSPS) is 33.1. The molecule has 1 saturated carbocycles. The smallest absolute Gasteiger partial charge is 0.329 e. The largest absolute Gasteiger partial charge is 0.360 e. The molecule has 2 aromatic heterocycles. The van der Waals surface area contributed by atoms with Crippen LogP contribution in [0.2, 0.25) is 0 Å². The molecular formula is C20H20N4O2. The van der Waals surface area contributed by atoms with E-state index in [0.717, 1.165) is 17.3 Å². The van der Waals surface area contributed by atoms with Crippen LogP contribution in [0.4, 0.5) is 10.5 Å². The molecule has 1 atom stereocenters. The SMILES string of the molecule is CC1(C2C=CC=CC2)CC2(C1)NC(=O)N(c1cncc3[nH]ccc13)C2=O. The number of urea groups is 1. The standard InChI is InChI=1S/C20H20N4O2/c1-19(13-5-3-2-4-6-13)11-20(12-19)17(25)24(18(26)23-20)16-10-21-9-15-14(16)7-8-22-15/h2-5,7-10,13,22H,6,11-12H2,1H3,(H,23,26). The average Bonchev–Trinajstić information content (AvgIpc) is 3.19. The van der Waals surface area contributed by atoms with Gasteiger partial charge >= 0.3 is 6.03 Å². The predicted octanol–water partition coefficient (Wildman–Crippen LogP) is 3.29. The van der Waals surface area contributed by atoms with Crippen LogP contribution >= 0.6 is 0 Å². The molecule has 0 bridgehead atoms. The summed E-state index contributed by atoms with van der Waals surface area (Å²) in [6.45, 7) is 2.21. The molecule has 1 aliphatic heterocycles. The van der Waals surface area contributed by atoms with E-state index in [2.05, 4.69) is 46.5 Å². The molecule has 6 nitrogen and oxygen atoms in total. The van der Waals surface area contributed by atoms with Gasteiger partial charge in [0.25, 0.3) is 5.91 Å². The Kier molecular flexibility index (Phi) is 2.99. The van der Waals surface area contributed by atoms with E-state index < -0.39 is 5.54 Å². The van der Waals surface area contributed by atoms with Gasteiger partial charge in [0.2, 0.25) is 0 Å². The van der Waals surface area contributed by atoms with Crippen molar-refractivity contribution >= 4 is 28.5 Å². The highest BCUT2D eigenvalue weighted by atomic mass is 16.2. The number of rotatable bonds is 2. The molecule has 2 N–H and O–H groups in total. The van der Waals surface area contributed by atoms with Crippen molar-refractivity contribution in [3.63, 3.8) is 0 Å². The fourth-order valence-electron chi connectivity index (χ4n) is 4.91. The zero-order valence-electron chi connectivity index (χ0n) is 14.5. The van der Waals surface area contributed by atoms with Gasteiger partial charge in [-0.25, -0.2) is 9.69 Å². The summed E-state index contributed by atoms with van der Waals surface area (Å²) in [5.41, 5.74) is 0.594. The van der Waals surface area contributed by atoms with Crippen LogP contribution in [0.5, 0.6) is 0 Å². The van der Waals surface area contributed by atoms with Crippen LogP contribution in [0.15, 0.2) is 49.0 Å². The molecule has 2 fully saturated rings. The lowest BCUT2D eigenvalue weighted by molar-refractivity contribution is -0.132. The van der Waals surface area contributed by atoms with Gasteiger partial charge in [0.15, 0.2) is 0 Å². The Morgan fingerprint density at radius 2 is 2.08 bits per heavy atom. The number of pyridine rings is 1. The number of allylic oxidation sites excluding steroid dienone is 4. The number of aromatic amines is 1. The number of aromatic nitrogens is 2. The summed E-state index contributed by atoms with van der Waals surface area (Å²) in [7, 11) is 0. The first-order valence-corrected chi connectivity index (χ1v) is 8.94. The Balaban J connectivity index is 1.45. The van der Waals surface area contributed by atoms with E-state index in [9.17, 15) is 9.59 Å². The zero-order valence-corrected chi connectivity index (χ0v) is 14.5. The maximum atomic E-state index is 13.2. The van der Waals surface area contributed by atoms with Crippen LogP contribution in [-0.4, -0.2) is 27.4 Å². The molecule has 0 aromatic carbocycles. The number of nitrogens with one attached hydrogen (secondary N) is 2. The fraction of sp³-hybridized carbons (Fsp3) is 0.350. The third-order valence-electron chi connectivity index (χ3n) is 6.15. The number of fused-ring (bicyclic) bond motifs is 1. The topological polar surface area (TPSA) is 78.1 Å². The van der Waals surface area contributed by atoms with Crippen LogP contribution in [-0.2, 0) is 4.79 Å². The number of nitrogens with zero attached hydrogens (tertiary/aromatic N) is 2. The first kappa shape index (κ1) is 15.4. The molecule has 132 valence electrons. The molecule has 3 heterocycles. The molecule has 1 saturated heterocycles. The monoisotopic (exact) mass is 348 g/mol. The third kappa shape index (κ3) is 1.95. The van der Waals surface area contributed by atoms with Crippen molar-refractivity contribution in [2.45, 2.75) is 31.7 Å². The van der Waals surface area contributed by atoms with Gasteiger partial charge in [0.05, 0.1) is 23.6 Å². The van der Waals surface area contributed by atoms with Crippen LogP contribution in [0, 0.1) is 11.3 Å². The van der Waals surface area contributed by atoms with E-state index in [-0.39, 0.29) is 17.4 Å². The lowest BCUT2D eigenvalue weighted by Gasteiger charge is -2.54. The number of carbonyl (C=O) groups is 2. The predicted molar refractivity (Wildman–Crippen MR) is 98.6 cm³/mol. The summed E-state index contributed by atoms with van der Waals surface area (Å²) in [5.74, 6) is 0.248. The van der Waals surface area contributed by atoms with Crippen molar-refractivity contribution in [3.8, 4) is 0 Å². The number of amides is 3. The average molecular weight is 348 g/mol. The third-order valence-corrected chi connectivity index (χ3v) is 6.15. The second-order valence-corrected chi connectivity index (χ2v) is 7.91. The molecule has 2 aliphatic carbocycles. The Hall–Kier alpha value is -2.89. The Labute approximate surface area is 151 Å². The van der Waals surface area contributed by atoms with Crippen LogP contribution in [0.1, 0.15) is 26.2 Å². The highest BCUT2D eigenvalue weighted by molar-refractivity contribution is 6.26. The quantitative estimate of drug-likeness (QED) is 0.818. The first-order chi connectivity index (χ1) is 12.5. The molecule has 0 radical (unpaired) electrons. The van der Waals surface area contributed by atoms with Crippen LogP contribution in [0.3, 0.4) is 0 Å². The van der Waals surface area contributed by atoms with Gasteiger partial charge in [-0.05, 0) is 36.7 Å². The molecule has 3 aliphatic rings. The van der Waals surface area contributed by atoms with E-state index >= 15 is 0 Å². The second-order valence-electron chi connectivity index (χ2n) is 7.91. The number of imide groups is 1. The van der Waals surface area contributed by atoms with Gasteiger partial charge in [0, 0.05) is 11.6 Å². The van der Waals surface area contributed by atoms with Gasteiger partial charge in [-0.15, -0.1) is 0 Å². The Morgan fingerprint density at radius 1 is 1.23 bits per heavy atom. The molecule has 6 heteroatoms. The fourth-order valence-corrected chi connectivity index (χ4v) is 4.91. The zero-order chi connectivity index (χ0) is 17.9. The number of hydrogen-bond acceptors (Lipinski definition) is 3. The minimum absolute atomic E-state index is 0.0263. The summed E-state index contributed by atoms with van der Waals surface area (Å²) in [5, 5.41) is 3.80.